The molecule has 5 heteroatoms. The lowest BCUT2D eigenvalue weighted by molar-refractivity contribution is -0.137. The van der Waals surface area contributed by atoms with E-state index in [9.17, 15) is 9.59 Å². The Hall–Kier alpha value is -0.420. The number of ketones is 1. The zero-order valence-corrected chi connectivity index (χ0v) is 14.8. The summed E-state index contributed by atoms with van der Waals surface area (Å²) in [4.78, 5) is 23.0. The predicted octanol–water partition coefficient (Wildman–Crippen LogP) is 4.02. The first-order valence-corrected chi connectivity index (χ1v) is 10.4. The molecule has 22 heavy (non-hydrogen) atoms. The number of hydrogen-bond donors (Lipinski definition) is 1. The van der Waals surface area contributed by atoms with E-state index in [-0.39, 0.29) is 18.1 Å². The number of thioether (sulfide) groups is 2. The van der Waals surface area contributed by atoms with Gasteiger partial charge in [0.15, 0.2) is 5.78 Å². The Bertz CT molecular complexity index is 422. The van der Waals surface area contributed by atoms with Crippen molar-refractivity contribution in [2.45, 2.75) is 55.9 Å². The second-order valence-electron chi connectivity index (χ2n) is 6.15. The number of hydrogen-bond acceptors (Lipinski definition) is 4. The van der Waals surface area contributed by atoms with Gasteiger partial charge in [0.1, 0.15) is 0 Å². The van der Waals surface area contributed by atoms with Crippen LogP contribution in [0.3, 0.4) is 0 Å². The molecular formula is C17H26O3S2. The van der Waals surface area contributed by atoms with Crippen LogP contribution in [0.5, 0.6) is 0 Å². The van der Waals surface area contributed by atoms with Gasteiger partial charge in [-0.25, -0.2) is 0 Å². The molecule has 2 bridgehead atoms. The molecule has 2 saturated heterocycles. The first kappa shape index (κ1) is 17.9. The Kier molecular flexibility index (Phi) is 7.35. The van der Waals surface area contributed by atoms with Crippen molar-refractivity contribution in [3.05, 3.63) is 12.2 Å². The molecule has 0 aliphatic carbocycles. The number of fused-ring (bicyclic) bond motifs is 2. The number of carbonyl (C=O) groups is 2. The molecule has 0 spiro atoms. The molecule has 0 aromatic heterocycles. The maximum Gasteiger partial charge on any atom is 0.303 e. The van der Waals surface area contributed by atoms with Gasteiger partial charge in [-0.15, -0.1) is 0 Å². The van der Waals surface area contributed by atoms with Gasteiger partial charge < -0.3 is 5.11 Å². The maximum atomic E-state index is 12.5. The average molecular weight is 343 g/mol. The highest BCUT2D eigenvalue weighted by Crippen LogP contribution is 2.54. The number of carboxylic acids is 1. The van der Waals surface area contributed by atoms with E-state index in [1.54, 1.807) is 6.08 Å². The standard InChI is InChI=1S/C17H26O3S2/c1-2-10-21-11-12-14-8-9-15(22-14)17(12)13(18)6-4-3-5-7-16(19)20/h4,6,12,14-15,17H,2-3,5,7-11H2,1H3,(H,19,20)/t12-,14+,15-,17+/m1/s1. The summed E-state index contributed by atoms with van der Waals surface area (Å²) in [6.45, 7) is 2.20. The van der Waals surface area contributed by atoms with Crippen molar-refractivity contribution < 1.29 is 14.7 Å². The molecule has 0 saturated carbocycles. The Balaban J connectivity index is 1.83. The van der Waals surface area contributed by atoms with E-state index in [2.05, 4.69) is 6.92 Å². The summed E-state index contributed by atoms with van der Waals surface area (Å²) < 4.78 is 0. The molecule has 2 aliphatic heterocycles. The highest BCUT2D eigenvalue weighted by Gasteiger charge is 2.50. The van der Waals surface area contributed by atoms with E-state index in [0.717, 1.165) is 5.75 Å². The fourth-order valence-corrected chi connectivity index (χ4v) is 6.68. The minimum Gasteiger partial charge on any atom is -0.481 e. The van der Waals surface area contributed by atoms with Crippen molar-refractivity contribution in [3.63, 3.8) is 0 Å². The third-order valence-electron chi connectivity index (χ3n) is 4.46. The molecule has 2 rings (SSSR count). The van der Waals surface area contributed by atoms with Crippen molar-refractivity contribution in [2.75, 3.05) is 11.5 Å². The lowest BCUT2D eigenvalue weighted by atomic mass is 9.78. The Morgan fingerprint density at radius 1 is 1.32 bits per heavy atom. The van der Waals surface area contributed by atoms with E-state index >= 15 is 0 Å². The van der Waals surface area contributed by atoms with Crippen molar-refractivity contribution in [1.29, 1.82) is 0 Å². The number of allylic oxidation sites excluding steroid dienone is 2. The van der Waals surface area contributed by atoms with Gasteiger partial charge in [0, 0.05) is 22.8 Å². The largest absolute Gasteiger partial charge is 0.481 e. The molecule has 0 aromatic carbocycles. The number of carbonyl (C=O) groups excluding carboxylic acids is 1. The fourth-order valence-electron chi connectivity index (χ4n) is 3.43. The quantitative estimate of drug-likeness (QED) is 0.480. The van der Waals surface area contributed by atoms with Crippen molar-refractivity contribution in [2.24, 2.45) is 11.8 Å². The second-order valence-corrected chi connectivity index (χ2v) is 8.78. The molecule has 4 atom stereocenters. The summed E-state index contributed by atoms with van der Waals surface area (Å²) in [5.74, 6) is 2.55. The van der Waals surface area contributed by atoms with Gasteiger partial charge >= 0.3 is 5.97 Å². The summed E-state index contributed by atoms with van der Waals surface area (Å²) in [7, 11) is 0. The SMILES string of the molecule is CCCSC[C@H]1[C@@H](C(=O)C=CCCCC(=O)O)[C@H]2CC[C@@H]1S2. The van der Waals surface area contributed by atoms with E-state index in [1.807, 2.05) is 29.6 Å². The Labute approximate surface area is 141 Å². The lowest BCUT2D eigenvalue weighted by Crippen LogP contribution is -2.34. The van der Waals surface area contributed by atoms with Crippen molar-refractivity contribution >= 4 is 35.3 Å². The van der Waals surface area contributed by atoms with Gasteiger partial charge in [-0.3, -0.25) is 9.59 Å². The van der Waals surface area contributed by atoms with Crippen molar-refractivity contribution in [1.82, 2.24) is 0 Å². The highest BCUT2D eigenvalue weighted by molar-refractivity contribution is 8.01. The summed E-state index contributed by atoms with van der Waals surface area (Å²) in [6, 6.07) is 0. The van der Waals surface area contributed by atoms with Gasteiger partial charge in [0.05, 0.1) is 0 Å². The van der Waals surface area contributed by atoms with Gasteiger partial charge in [0.2, 0.25) is 0 Å². The predicted molar refractivity (Wildman–Crippen MR) is 94.6 cm³/mol. The van der Waals surface area contributed by atoms with Crippen LogP contribution in [0.25, 0.3) is 0 Å². The van der Waals surface area contributed by atoms with E-state index in [0.29, 0.717) is 29.3 Å². The molecule has 2 fully saturated rings. The molecule has 0 unspecified atom stereocenters. The van der Waals surface area contributed by atoms with Crippen LogP contribution in [-0.4, -0.2) is 38.9 Å². The zero-order chi connectivity index (χ0) is 15.9. The number of aliphatic carboxylic acids is 1. The van der Waals surface area contributed by atoms with Gasteiger partial charge in [-0.2, -0.15) is 23.5 Å². The summed E-state index contributed by atoms with van der Waals surface area (Å²) in [5, 5.41) is 9.81. The monoisotopic (exact) mass is 342 g/mol. The molecule has 0 radical (unpaired) electrons. The smallest absolute Gasteiger partial charge is 0.303 e. The average Bonchev–Trinajstić information content (AvgIpc) is 3.07. The van der Waals surface area contributed by atoms with Gasteiger partial charge in [-0.05, 0) is 55.6 Å². The maximum absolute atomic E-state index is 12.5. The molecule has 1 N–H and O–H groups in total. The fraction of sp³-hybridized carbons (Fsp3) is 0.765. The summed E-state index contributed by atoms with van der Waals surface area (Å²) >= 11 is 4.03. The van der Waals surface area contributed by atoms with E-state index < -0.39 is 5.97 Å². The third kappa shape index (κ3) is 4.79. The number of unbranched alkanes of at least 4 members (excludes halogenated alkanes) is 1. The Morgan fingerprint density at radius 2 is 2.09 bits per heavy atom. The Morgan fingerprint density at radius 3 is 2.82 bits per heavy atom. The molecule has 3 nitrogen and oxygen atoms in total. The minimum absolute atomic E-state index is 0.179. The minimum atomic E-state index is -0.766. The van der Waals surface area contributed by atoms with Crippen LogP contribution in [0.2, 0.25) is 0 Å². The topological polar surface area (TPSA) is 54.4 Å². The van der Waals surface area contributed by atoms with Crippen LogP contribution < -0.4 is 0 Å². The number of carboxylic acid groups (broad SMARTS) is 1. The lowest BCUT2D eigenvalue weighted by Gasteiger charge is -2.27. The number of rotatable bonds is 10. The highest BCUT2D eigenvalue weighted by atomic mass is 32.2. The second kappa shape index (κ2) is 9.02. The third-order valence-corrected chi connectivity index (χ3v) is 7.59. The zero-order valence-electron chi connectivity index (χ0n) is 13.2. The molecule has 0 amide bonds. The van der Waals surface area contributed by atoms with E-state index in [4.69, 9.17) is 5.11 Å². The first-order chi connectivity index (χ1) is 10.6. The molecule has 2 heterocycles. The molecule has 0 aromatic rings. The van der Waals surface area contributed by atoms with Crippen LogP contribution in [0, 0.1) is 11.8 Å². The van der Waals surface area contributed by atoms with Crippen molar-refractivity contribution in [3.8, 4) is 0 Å². The molecule has 124 valence electrons. The van der Waals surface area contributed by atoms with Crippen LogP contribution in [0.4, 0.5) is 0 Å². The van der Waals surface area contributed by atoms with Crippen LogP contribution in [0.15, 0.2) is 12.2 Å². The first-order valence-electron chi connectivity index (χ1n) is 8.28. The van der Waals surface area contributed by atoms with Crippen LogP contribution in [0.1, 0.15) is 45.4 Å². The summed E-state index contributed by atoms with van der Waals surface area (Å²) in [5.41, 5.74) is 0. The summed E-state index contributed by atoms with van der Waals surface area (Å²) in [6.07, 6.45) is 8.73. The molecular weight excluding hydrogens is 316 g/mol. The van der Waals surface area contributed by atoms with E-state index in [1.165, 1.54) is 25.0 Å². The van der Waals surface area contributed by atoms with Gasteiger partial charge in [-0.1, -0.05) is 13.0 Å². The van der Waals surface area contributed by atoms with Crippen LogP contribution in [-0.2, 0) is 9.59 Å². The van der Waals surface area contributed by atoms with Gasteiger partial charge in [0.25, 0.3) is 0 Å². The molecule has 2 aliphatic rings. The van der Waals surface area contributed by atoms with Crippen LogP contribution >= 0.6 is 23.5 Å². The normalized spacial score (nSPS) is 30.2.